The van der Waals surface area contributed by atoms with Crippen molar-refractivity contribution in [1.29, 1.82) is 0 Å². The maximum absolute atomic E-state index is 11.6. The molecule has 43 heavy (non-hydrogen) atoms. The predicted molar refractivity (Wildman–Crippen MR) is 174 cm³/mol. The van der Waals surface area contributed by atoms with Gasteiger partial charge in [-0.3, -0.25) is 4.79 Å². The maximum Gasteiger partial charge on any atom is 0.153 e. The minimum Gasteiger partial charge on any atom is -0.507 e. The molecule has 2 unspecified atom stereocenters. The lowest BCUT2D eigenvalue weighted by atomic mass is 9.75. The summed E-state index contributed by atoms with van der Waals surface area (Å²) in [5.41, 5.74) is 11.2. The van der Waals surface area contributed by atoms with Crippen LogP contribution in [-0.2, 0) is 17.8 Å². The van der Waals surface area contributed by atoms with Crippen LogP contribution in [0.1, 0.15) is 77.0 Å². The van der Waals surface area contributed by atoms with Gasteiger partial charge in [-0.05, 0) is 78.3 Å². The molecule has 7 heteroatoms. The Balaban J connectivity index is 1.56. The van der Waals surface area contributed by atoms with Gasteiger partial charge in [0.05, 0.1) is 12.2 Å². The maximum atomic E-state index is 11.6. The van der Waals surface area contributed by atoms with Crippen molar-refractivity contribution in [2.45, 2.75) is 80.3 Å². The van der Waals surface area contributed by atoms with Crippen LogP contribution in [0.15, 0.2) is 77.3 Å². The highest BCUT2D eigenvalue weighted by molar-refractivity contribution is 5.80. The average Bonchev–Trinajstić information content (AvgIpc) is 2.96. The summed E-state index contributed by atoms with van der Waals surface area (Å²) in [5, 5.41) is 12.1. The lowest BCUT2D eigenvalue weighted by Crippen LogP contribution is -2.30. The second kappa shape index (κ2) is 15.7. The third-order valence-corrected chi connectivity index (χ3v) is 8.04. The van der Waals surface area contributed by atoms with Crippen LogP contribution in [-0.4, -0.2) is 29.6 Å². The summed E-state index contributed by atoms with van der Waals surface area (Å²) < 4.78 is 12.5. The van der Waals surface area contributed by atoms with E-state index in [-0.39, 0.29) is 22.7 Å². The number of hydrazine groups is 1. The summed E-state index contributed by atoms with van der Waals surface area (Å²) in [4.78, 5) is 11.6. The number of allylic oxidation sites excluding steroid dienone is 3. The molecule has 1 aliphatic rings. The van der Waals surface area contributed by atoms with Gasteiger partial charge in [-0.2, -0.15) is 0 Å². The fourth-order valence-corrected chi connectivity index (χ4v) is 5.25. The highest BCUT2D eigenvalue weighted by atomic mass is 16.5. The van der Waals surface area contributed by atoms with E-state index in [0.29, 0.717) is 44.1 Å². The second-order valence-corrected chi connectivity index (χ2v) is 12.8. The lowest BCUT2D eigenvalue weighted by molar-refractivity contribution is -0.105. The van der Waals surface area contributed by atoms with Crippen molar-refractivity contribution in [3.05, 3.63) is 94.0 Å². The van der Waals surface area contributed by atoms with Gasteiger partial charge >= 0.3 is 0 Å². The van der Waals surface area contributed by atoms with E-state index < -0.39 is 0 Å². The van der Waals surface area contributed by atoms with Gasteiger partial charge in [0.15, 0.2) is 6.29 Å². The number of ether oxygens (including phenoxy) is 2. The minimum absolute atomic E-state index is 0.0630. The number of rotatable bonds is 15. The number of hydrogen-bond acceptors (Lipinski definition) is 7. The van der Waals surface area contributed by atoms with E-state index in [1.165, 1.54) is 5.56 Å². The van der Waals surface area contributed by atoms with E-state index in [9.17, 15) is 9.90 Å². The van der Waals surface area contributed by atoms with Crippen LogP contribution >= 0.6 is 0 Å². The number of carbonyl (C=O) groups excluding carboxylic acids is 1. The number of benzene rings is 2. The quantitative estimate of drug-likeness (QED) is 0.0865. The smallest absolute Gasteiger partial charge is 0.153 e. The molecule has 0 spiro atoms. The molecule has 0 fully saturated rings. The molecule has 7 nitrogen and oxygen atoms in total. The van der Waals surface area contributed by atoms with E-state index in [0.717, 1.165) is 53.9 Å². The Morgan fingerprint density at radius 2 is 1.88 bits per heavy atom. The third-order valence-electron chi connectivity index (χ3n) is 8.04. The Labute approximate surface area is 258 Å². The molecule has 2 aromatic rings. The van der Waals surface area contributed by atoms with Gasteiger partial charge in [-0.25, -0.2) is 5.84 Å². The number of aldehydes is 1. The molecule has 2 atom stereocenters. The topological polar surface area (TPSA) is 111 Å². The van der Waals surface area contributed by atoms with Crippen LogP contribution in [0, 0.1) is 24.2 Å². The Hall–Kier alpha value is -3.71. The third kappa shape index (κ3) is 9.92. The van der Waals surface area contributed by atoms with Gasteiger partial charge in [0, 0.05) is 24.4 Å². The van der Waals surface area contributed by atoms with Crippen molar-refractivity contribution in [3.63, 3.8) is 0 Å². The monoisotopic (exact) mass is 589 g/mol. The van der Waals surface area contributed by atoms with Gasteiger partial charge in [-0.15, -0.1) is 0 Å². The van der Waals surface area contributed by atoms with Crippen LogP contribution in [0.4, 0.5) is 0 Å². The first-order valence-corrected chi connectivity index (χ1v) is 15.4. The zero-order valence-corrected chi connectivity index (χ0v) is 26.9. The van der Waals surface area contributed by atoms with Crippen molar-refractivity contribution in [2.75, 3.05) is 13.2 Å². The number of carbonyl (C=O) groups is 1. The zero-order chi connectivity index (χ0) is 31.6. The summed E-state index contributed by atoms with van der Waals surface area (Å²) in [7, 11) is 0. The molecular formula is C36H51N3O4. The molecule has 3 rings (SSSR count). The molecule has 0 saturated carbocycles. The minimum atomic E-state index is -0.282. The van der Waals surface area contributed by atoms with Crippen molar-refractivity contribution in [2.24, 2.45) is 28.8 Å². The molecule has 0 radical (unpaired) electrons. The van der Waals surface area contributed by atoms with Crippen LogP contribution in [0.5, 0.6) is 11.5 Å². The van der Waals surface area contributed by atoms with Crippen LogP contribution in [0.25, 0.3) is 0 Å². The van der Waals surface area contributed by atoms with E-state index in [4.69, 9.17) is 21.1 Å². The number of nitrogens with two attached hydrogens (primary N) is 2. The Morgan fingerprint density at radius 3 is 2.53 bits per heavy atom. The molecule has 1 aliphatic carbocycles. The molecule has 5 N–H and O–H groups in total. The summed E-state index contributed by atoms with van der Waals surface area (Å²) >= 11 is 0. The van der Waals surface area contributed by atoms with Gasteiger partial charge < -0.3 is 25.3 Å². The fourth-order valence-electron chi connectivity index (χ4n) is 5.25. The van der Waals surface area contributed by atoms with Crippen LogP contribution in [0.3, 0.4) is 0 Å². The van der Waals surface area contributed by atoms with Gasteiger partial charge in [0.25, 0.3) is 0 Å². The Bertz CT molecular complexity index is 1310. The van der Waals surface area contributed by atoms with E-state index >= 15 is 0 Å². The van der Waals surface area contributed by atoms with E-state index in [1.807, 2.05) is 39.0 Å². The molecule has 0 saturated heterocycles. The van der Waals surface area contributed by atoms with Crippen molar-refractivity contribution >= 4 is 6.29 Å². The fraction of sp³-hybridized carbons (Fsp3) is 0.472. The molecule has 0 heterocycles. The molecular weight excluding hydrogens is 538 g/mol. The summed E-state index contributed by atoms with van der Waals surface area (Å²) in [6.45, 7) is 14.3. The zero-order valence-electron chi connectivity index (χ0n) is 26.9. The molecule has 2 aromatic carbocycles. The van der Waals surface area contributed by atoms with Gasteiger partial charge in [-0.1, -0.05) is 77.4 Å². The number of nitrogens with zero attached hydrogens (tertiary/aromatic N) is 1. The lowest BCUT2D eigenvalue weighted by Gasteiger charge is -2.31. The highest BCUT2D eigenvalue weighted by Gasteiger charge is 2.30. The number of aryl methyl sites for hydroxylation is 1. The summed E-state index contributed by atoms with van der Waals surface area (Å²) in [5.74, 6) is 8.47. The van der Waals surface area contributed by atoms with E-state index in [1.54, 1.807) is 17.3 Å². The summed E-state index contributed by atoms with van der Waals surface area (Å²) in [6.07, 6.45) is 8.37. The molecule has 0 aliphatic heterocycles. The van der Waals surface area contributed by atoms with Crippen LogP contribution in [0.2, 0.25) is 0 Å². The number of unbranched alkanes of at least 4 members (excludes halogenated alkanes) is 1. The van der Waals surface area contributed by atoms with Gasteiger partial charge in [0.2, 0.25) is 0 Å². The normalized spacial score (nSPS) is 16.5. The first-order chi connectivity index (χ1) is 20.4. The van der Waals surface area contributed by atoms with Crippen LogP contribution < -0.4 is 21.1 Å². The van der Waals surface area contributed by atoms with Gasteiger partial charge in [0.1, 0.15) is 23.9 Å². The Kier molecular flexibility index (Phi) is 12.3. The SMILES string of the molecule is CCC(C)Cc1cc(OCc2ccccc2)cc(C)c1OCCCCN(N)/C=C(\N)C1C=C(C=O)C(O)=C(C(C)(C)C)C1. The average molecular weight is 590 g/mol. The standard InChI is InChI=1S/C36H51N3O4/c1-7-25(2)17-29-20-31(43-24-27-13-9-8-10-14-27)18-26(3)35(29)42-16-12-11-15-39(38)22-33(37)28-19-30(23-40)34(41)32(21-28)36(4,5)6/h8-10,13-14,18-20,22-23,25,28,41H,7,11-12,15-17,21,24,37-38H2,1-6H3/b33-22-. The highest BCUT2D eigenvalue weighted by Crippen LogP contribution is 2.39. The molecule has 0 bridgehead atoms. The van der Waals surface area contributed by atoms with Crippen molar-refractivity contribution in [1.82, 2.24) is 5.01 Å². The summed E-state index contributed by atoms with van der Waals surface area (Å²) in [6, 6.07) is 14.4. The van der Waals surface area contributed by atoms with E-state index in [2.05, 4.69) is 45.0 Å². The number of hydrogen-bond donors (Lipinski definition) is 3. The first-order valence-electron chi connectivity index (χ1n) is 15.4. The molecule has 0 aromatic heterocycles. The number of aliphatic hydroxyl groups excluding tert-OH is 1. The largest absolute Gasteiger partial charge is 0.507 e. The second-order valence-electron chi connectivity index (χ2n) is 12.8. The molecule has 234 valence electrons. The first kappa shape index (κ1) is 33.8. The van der Waals surface area contributed by atoms with Crippen molar-refractivity contribution < 1.29 is 19.4 Å². The predicted octanol–water partition coefficient (Wildman–Crippen LogP) is 7.30. The van der Waals surface area contributed by atoms with Crippen molar-refractivity contribution in [3.8, 4) is 11.5 Å². The number of aliphatic hydroxyl groups is 1. The molecule has 0 amide bonds. The Morgan fingerprint density at radius 1 is 1.16 bits per heavy atom.